The molecule has 1 heterocycles. The molecule has 10 aromatic rings. The summed E-state index contributed by atoms with van der Waals surface area (Å²) >= 11 is 0. The van der Waals surface area contributed by atoms with Crippen LogP contribution >= 0.6 is 0 Å². The molecule has 0 saturated carbocycles. The lowest BCUT2D eigenvalue weighted by molar-refractivity contribution is 0.668. The molecule has 0 N–H and O–H groups in total. The van der Waals surface area contributed by atoms with Crippen LogP contribution < -0.4 is 4.90 Å². The fraction of sp³-hybridized carbons (Fsp3) is 0.0189. The van der Waals surface area contributed by atoms with E-state index in [1.54, 1.807) is 0 Å². The number of hydrogen-bond donors (Lipinski definition) is 0. The standard InChI is InChI=1S/C53H35NO/c1-3-14-36(15-4-1)37-26-29-41(30-27-37)54(50-24-13-17-38-16-7-8-20-43(38)50)42-31-32-45-44-21-9-11-23-48(44)53(49(45)35-42,39-18-5-2-6-19-39)40-28-33-52-47(34-40)46-22-10-12-25-51(46)55-52/h1-35H. The number of fused-ring (bicyclic) bond motifs is 7. The Morgan fingerprint density at radius 3 is 1.85 bits per heavy atom. The molecule has 55 heavy (non-hydrogen) atoms. The molecule has 0 bridgehead atoms. The predicted molar refractivity (Wildman–Crippen MR) is 229 cm³/mol. The van der Waals surface area contributed by atoms with Crippen molar-refractivity contribution in [1.82, 2.24) is 0 Å². The Bertz CT molecular complexity index is 3030. The normalized spacial score (nSPS) is 14.6. The van der Waals surface area contributed by atoms with Crippen LogP contribution in [0.25, 0.3) is 55.0 Å². The Labute approximate surface area is 320 Å². The molecular formula is C53H35NO. The van der Waals surface area contributed by atoms with Crippen molar-refractivity contribution in [1.29, 1.82) is 0 Å². The van der Waals surface area contributed by atoms with Crippen molar-refractivity contribution >= 4 is 49.8 Å². The van der Waals surface area contributed by atoms with Crippen molar-refractivity contribution in [2.24, 2.45) is 0 Å². The number of anilines is 3. The van der Waals surface area contributed by atoms with Gasteiger partial charge in [0.25, 0.3) is 0 Å². The van der Waals surface area contributed by atoms with E-state index in [1.807, 2.05) is 6.07 Å². The SMILES string of the molecule is c1ccc(-c2ccc(N(c3ccc4c(c3)C(c3ccccc3)(c3ccc5oc6ccccc6c5c3)c3ccccc3-4)c3cccc4ccccc34)cc2)cc1. The molecular weight excluding hydrogens is 667 g/mol. The Morgan fingerprint density at radius 2 is 1.00 bits per heavy atom. The number of rotatable bonds is 6. The maximum Gasteiger partial charge on any atom is 0.135 e. The zero-order valence-corrected chi connectivity index (χ0v) is 30.1. The molecule has 0 aliphatic heterocycles. The minimum atomic E-state index is -0.586. The summed E-state index contributed by atoms with van der Waals surface area (Å²) in [4.78, 5) is 2.43. The van der Waals surface area contributed by atoms with Gasteiger partial charge in [-0.3, -0.25) is 0 Å². The summed E-state index contributed by atoms with van der Waals surface area (Å²) in [7, 11) is 0. The number of furan rings is 1. The van der Waals surface area contributed by atoms with E-state index < -0.39 is 5.41 Å². The lowest BCUT2D eigenvalue weighted by Gasteiger charge is -2.35. The van der Waals surface area contributed by atoms with E-state index in [1.165, 1.54) is 55.3 Å². The van der Waals surface area contributed by atoms with Crippen molar-refractivity contribution in [3.8, 4) is 22.3 Å². The van der Waals surface area contributed by atoms with Gasteiger partial charge in [-0.25, -0.2) is 0 Å². The highest BCUT2D eigenvalue weighted by Crippen LogP contribution is 2.58. The van der Waals surface area contributed by atoms with Crippen LogP contribution in [0.1, 0.15) is 22.3 Å². The van der Waals surface area contributed by atoms with E-state index in [2.05, 4.69) is 211 Å². The third-order valence-electron chi connectivity index (χ3n) is 11.5. The smallest absolute Gasteiger partial charge is 0.135 e. The van der Waals surface area contributed by atoms with E-state index in [9.17, 15) is 0 Å². The van der Waals surface area contributed by atoms with E-state index in [-0.39, 0.29) is 0 Å². The molecule has 2 nitrogen and oxygen atoms in total. The molecule has 1 aliphatic rings. The van der Waals surface area contributed by atoms with E-state index >= 15 is 0 Å². The largest absolute Gasteiger partial charge is 0.456 e. The molecule has 258 valence electrons. The molecule has 2 heteroatoms. The van der Waals surface area contributed by atoms with E-state index in [0.717, 1.165) is 39.0 Å². The van der Waals surface area contributed by atoms with Crippen molar-refractivity contribution in [3.63, 3.8) is 0 Å². The van der Waals surface area contributed by atoms with Crippen molar-refractivity contribution < 1.29 is 4.42 Å². The zero-order valence-electron chi connectivity index (χ0n) is 30.1. The van der Waals surface area contributed by atoms with Crippen LogP contribution in [0.4, 0.5) is 17.1 Å². The Kier molecular flexibility index (Phi) is 7.11. The first-order valence-corrected chi connectivity index (χ1v) is 18.9. The Hall–Kier alpha value is -7.16. The minimum Gasteiger partial charge on any atom is -0.456 e. The van der Waals surface area contributed by atoms with Gasteiger partial charge in [-0.1, -0.05) is 164 Å². The Balaban J connectivity index is 1.19. The highest BCUT2D eigenvalue weighted by molar-refractivity contribution is 6.06. The number of benzene rings is 9. The van der Waals surface area contributed by atoms with E-state index in [4.69, 9.17) is 4.42 Å². The first kappa shape index (κ1) is 31.4. The summed E-state index contributed by atoms with van der Waals surface area (Å²) in [5.41, 5.74) is 14.4. The van der Waals surface area contributed by atoms with Gasteiger partial charge in [-0.15, -0.1) is 0 Å². The van der Waals surface area contributed by atoms with Gasteiger partial charge < -0.3 is 9.32 Å². The molecule has 1 unspecified atom stereocenters. The summed E-state index contributed by atoms with van der Waals surface area (Å²) in [6, 6.07) is 77.2. The fourth-order valence-corrected chi connectivity index (χ4v) is 9.11. The van der Waals surface area contributed by atoms with Crippen LogP contribution in [0, 0.1) is 0 Å². The summed E-state index contributed by atoms with van der Waals surface area (Å²) in [5, 5.41) is 4.66. The van der Waals surface area contributed by atoms with Crippen LogP contribution in [0.5, 0.6) is 0 Å². The molecule has 0 saturated heterocycles. The first-order valence-electron chi connectivity index (χ1n) is 18.9. The third kappa shape index (κ3) is 4.82. The molecule has 1 aliphatic carbocycles. The summed E-state index contributed by atoms with van der Waals surface area (Å²) in [5.74, 6) is 0. The molecule has 9 aromatic carbocycles. The van der Waals surface area contributed by atoms with Gasteiger partial charge in [0.15, 0.2) is 0 Å². The zero-order chi connectivity index (χ0) is 36.3. The lowest BCUT2D eigenvalue weighted by atomic mass is 9.67. The maximum atomic E-state index is 6.36. The second-order valence-electron chi connectivity index (χ2n) is 14.4. The van der Waals surface area contributed by atoms with Crippen molar-refractivity contribution in [2.75, 3.05) is 4.90 Å². The third-order valence-corrected chi connectivity index (χ3v) is 11.5. The Morgan fingerprint density at radius 1 is 0.364 bits per heavy atom. The molecule has 1 aromatic heterocycles. The summed E-state index contributed by atoms with van der Waals surface area (Å²) in [6.45, 7) is 0. The number of nitrogens with zero attached hydrogens (tertiary/aromatic N) is 1. The highest BCUT2D eigenvalue weighted by atomic mass is 16.3. The first-order chi connectivity index (χ1) is 27.3. The quantitative estimate of drug-likeness (QED) is 0.172. The van der Waals surface area contributed by atoms with Gasteiger partial charge in [-0.2, -0.15) is 0 Å². The molecule has 0 fully saturated rings. The summed E-state index contributed by atoms with van der Waals surface area (Å²) < 4.78 is 6.36. The van der Waals surface area contributed by atoms with Gasteiger partial charge in [0.1, 0.15) is 11.2 Å². The van der Waals surface area contributed by atoms with Gasteiger partial charge in [-0.05, 0) is 98.4 Å². The molecule has 0 amide bonds. The van der Waals surface area contributed by atoms with Crippen LogP contribution in [0.15, 0.2) is 217 Å². The maximum absolute atomic E-state index is 6.36. The molecule has 0 spiro atoms. The van der Waals surface area contributed by atoms with Crippen LogP contribution in [0.2, 0.25) is 0 Å². The average Bonchev–Trinajstić information content (AvgIpc) is 3.78. The van der Waals surface area contributed by atoms with Gasteiger partial charge >= 0.3 is 0 Å². The van der Waals surface area contributed by atoms with Gasteiger partial charge in [0.05, 0.1) is 11.1 Å². The lowest BCUT2D eigenvalue weighted by Crippen LogP contribution is -2.28. The number of para-hydroxylation sites is 1. The van der Waals surface area contributed by atoms with Crippen molar-refractivity contribution in [3.05, 3.63) is 235 Å². The van der Waals surface area contributed by atoms with E-state index in [0.29, 0.717) is 0 Å². The predicted octanol–water partition coefficient (Wildman–Crippen LogP) is 14.2. The summed E-state index contributed by atoms with van der Waals surface area (Å²) in [6.07, 6.45) is 0. The minimum absolute atomic E-state index is 0.586. The molecule has 1 atom stereocenters. The van der Waals surface area contributed by atoms with Crippen LogP contribution in [-0.4, -0.2) is 0 Å². The van der Waals surface area contributed by atoms with Crippen molar-refractivity contribution in [2.45, 2.75) is 5.41 Å². The second kappa shape index (κ2) is 12.5. The number of hydrogen-bond acceptors (Lipinski definition) is 2. The van der Waals surface area contributed by atoms with Crippen LogP contribution in [0.3, 0.4) is 0 Å². The highest BCUT2D eigenvalue weighted by Gasteiger charge is 2.46. The topological polar surface area (TPSA) is 16.4 Å². The molecule has 11 rings (SSSR count). The monoisotopic (exact) mass is 701 g/mol. The van der Waals surface area contributed by atoms with Crippen LogP contribution in [-0.2, 0) is 5.41 Å². The average molecular weight is 702 g/mol. The van der Waals surface area contributed by atoms with Gasteiger partial charge in [0.2, 0.25) is 0 Å². The second-order valence-corrected chi connectivity index (χ2v) is 14.4. The molecule has 0 radical (unpaired) electrons. The van der Waals surface area contributed by atoms with Gasteiger partial charge in [0, 0.05) is 27.5 Å². The fourth-order valence-electron chi connectivity index (χ4n) is 9.11.